The molecule has 0 spiro atoms. The first kappa shape index (κ1) is 10.0. The van der Waals surface area contributed by atoms with Crippen LogP contribution in [0.2, 0.25) is 0 Å². The maximum Gasteiger partial charge on any atom is 0.0132 e. The van der Waals surface area contributed by atoms with E-state index in [1.54, 1.807) is 0 Å². The van der Waals surface area contributed by atoms with Crippen LogP contribution in [0.3, 0.4) is 0 Å². The molecule has 10 heavy (non-hydrogen) atoms. The van der Waals surface area contributed by atoms with E-state index in [2.05, 4.69) is 24.5 Å². The molecule has 0 aliphatic heterocycles. The van der Waals surface area contributed by atoms with Gasteiger partial charge in [-0.05, 0) is 25.1 Å². The molecule has 0 rings (SSSR count). The Labute approximate surface area is 69.3 Å². The Hall–Kier alpha value is 0.0500. The number of hydrogen-bond acceptors (Lipinski definition) is 2. The zero-order valence-corrected chi connectivity index (χ0v) is 7.37. The summed E-state index contributed by atoms with van der Waals surface area (Å²) in [5.74, 6) is 1.02. The molecule has 1 nitrogen and oxygen atoms in total. The minimum absolute atomic E-state index is 0.931. The minimum Gasteiger partial charge on any atom is -0.313 e. The van der Waals surface area contributed by atoms with E-state index in [1.807, 2.05) is 6.08 Å². The molecule has 0 saturated carbocycles. The number of nitrogens with one attached hydrogen (secondary N) is 1. The number of hydrogen-bond donors (Lipinski definition) is 2. The van der Waals surface area contributed by atoms with E-state index in [1.165, 1.54) is 19.3 Å². The van der Waals surface area contributed by atoms with Gasteiger partial charge in [-0.25, -0.2) is 0 Å². The Kier molecular flexibility index (Phi) is 9.10. The van der Waals surface area contributed by atoms with E-state index >= 15 is 0 Å². The van der Waals surface area contributed by atoms with Gasteiger partial charge in [-0.2, -0.15) is 12.6 Å². The van der Waals surface area contributed by atoms with Crippen LogP contribution in [0, 0.1) is 0 Å². The second-order valence-electron chi connectivity index (χ2n) is 2.28. The maximum absolute atomic E-state index is 4.13. The van der Waals surface area contributed by atoms with Crippen LogP contribution in [0.4, 0.5) is 0 Å². The van der Waals surface area contributed by atoms with Crippen LogP contribution in [-0.2, 0) is 0 Å². The molecule has 0 unspecified atom stereocenters. The lowest BCUT2D eigenvalue weighted by molar-refractivity contribution is 0.650. The normalized spacial score (nSPS) is 9.70. The van der Waals surface area contributed by atoms with Gasteiger partial charge in [0.15, 0.2) is 0 Å². The number of unbranched alkanes of at least 4 members (excludes halogenated alkanes) is 2. The van der Waals surface area contributed by atoms with Crippen molar-refractivity contribution in [3.63, 3.8) is 0 Å². The SMILES string of the molecule is C=CCNCCCCCS. The van der Waals surface area contributed by atoms with Gasteiger partial charge in [0.2, 0.25) is 0 Å². The highest BCUT2D eigenvalue weighted by atomic mass is 32.1. The summed E-state index contributed by atoms with van der Waals surface area (Å²) in [5.41, 5.74) is 0. The minimum atomic E-state index is 0.931. The fourth-order valence-electron chi connectivity index (χ4n) is 0.743. The molecule has 0 aliphatic carbocycles. The van der Waals surface area contributed by atoms with Crippen LogP contribution in [-0.4, -0.2) is 18.8 Å². The summed E-state index contributed by atoms with van der Waals surface area (Å²) in [4.78, 5) is 0. The summed E-state index contributed by atoms with van der Waals surface area (Å²) in [6, 6.07) is 0. The molecule has 0 bridgehead atoms. The molecule has 0 fully saturated rings. The van der Waals surface area contributed by atoms with Gasteiger partial charge >= 0.3 is 0 Å². The topological polar surface area (TPSA) is 12.0 Å². The molecule has 0 heterocycles. The first-order chi connectivity index (χ1) is 4.91. The highest BCUT2D eigenvalue weighted by Crippen LogP contribution is 1.94. The fourth-order valence-corrected chi connectivity index (χ4v) is 0.966. The van der Waals surface area contributed by atoms with Gasteiger partial charge < -0.3 is 5.32 Å². The van der Waals surface area contributed by atoms with E-state index < -0.39 is 0 Å². The fraction of sp³-hybridized carbons (Fsp3) is 0.750. The van der Waals surface area contributed by atoms with Crippen molar-refractivity contribution in [2.45, 2.75) is 19.3 Å². The second kappa shape index (κ2) is 9.05. The first-order valence-electron chi connectivity index (χ1n) is 3.84. The van der Waals surface area contributed by atoms with Gasteiger partial charge in [0.05, 0.1) is 0 Å². The Morgan fingerprint density at radius 3 is 2.70 bits per heavy atom. The number of thiol groups is 1. The predicted octanol–water partition coefficient (Wildman–Crippen LogP) is 1.86. The smallest absolute Gasteiger partial charge is 0.0132 e. The molecule has 0 atom stereocenters. The molecular formula is C8H17NS. The highest BCUT2D eigenvalue weighted by Gasteiger charge is 1.85. The molecule has 0 aromatic carbocycles. The monoisotopic (exact) mass is 159 g/mol. The van der Waals surface area contributed by atoms with Gasteiger partial charge in [-0.3, -0.25) is 0 Å². The van der Waals surface area contributed by atoms with Crippen LogP contribution in [0.15, 0.2) is 12.7 Å². The van der Waals surface area contributed by atoms with Crippen molar-refractivity contribution < 1.29 is 0 Å². The Balaban J connectivity index is 2.70. The van der Waals surface area contributed by atoms with Crippen molar-refractivity contribution in [3.05, 3.63) is 12.7 Å². The van der Waals surface area contributed by atoms with E-state index in [0.717, 1.165) is 18.8 Å². The van der Waals surface area contributed by atoms with Crippen molar-refractivity contribution in [3.8, 4) is 0 Å². The van der Waals surface area contributed by atoms with Crippen LogP contribution < -0.4 is 5.32 Å². The highest BCUT2D eigenvalue weighted by molar-refractivity contribution is 7.80. The maximum atomic E-state index is 4.13. The third-order valence-electron chi connectivity index (χ3n) is 1.30. The largest absolute Gasteiger partial charge is 0.313 e. The van der Waals surface area contributed by atoms with E-state index in [0.29, 0.717) is 0 Å². The van der Waals surface area contributed by atoms with Gasteiger partial charge in [0.25, 0.3) is 0 Å². The Bertz CT molecular complexity index is 73.7. The second-order valence-corrected chi connectivity index (χ2v) is 2.72. The molecule has 0 radical (unpaired) electrons. The third-order valence-corrected chi connectivity index (χ3v) is 1.62. The molecule has 1 N–H and O–H groups in total. The van der Waals surface area contributed by atoms with Crippen molar-refractivity contribution in [1.82, 2.24) is 5.32 Å². The summed E-state index contributed by atoms with van der Waals surface area (Å²) in [7, 11) is 0. The molecule has 60 valence electrons. The molecule has 0 aliphatic rings. The van der Waals surface area contributed by atoms with Crippen molar-refractivity contribution in [2.75, 3.05) is 18.8 Å². The van der Waals surface area contributed by atoms with Gasteiger partial charge in [0.1, 0.15) is 0 Å². The van der Waals surface area contributed by atoms with E-state index in [9.17, 15) is 0 Å². The average Bonchev–Trinajstić information content (AvgIpc) is 1.97. The molecule has 0 saturated heterocycles. The van der Waals surface area contributed by atoms with Gasteiger partial charge in [0, 0.05) is 6.54 Å². The van der Waals surface area contributed by atoms with Crippen molar-refractivity contribution in [2.24, 2.45) is 0 Å². The molecule has 0 amide bonds. The lowest BCUT2D eigenvalue weighted by Crippen LogP contribution is -2.14. The predicted molar refractivity (Wildman–Crippen MR) is 50.8 cm³/mol. The zero-order valence-electron chi connectivity index (χ0n) is 6.47. The Morgan fingerprint density at radius 2 is 2.10 bits per heavy atom. The van der Waals surface area contributed by atoms with Crippen molar-refractivity contribution >= 4 is 12.6 Å². The lowest BCUT2D eigenvalue weighted by Gasteiger charge is -1.99. The van der Waals surface area contributed by atoms with Gasteiger partial charge in [-0.1, -0.05) is 12.5 Å². The lowest BCUT2D eigenvalue weighted by atomic mass is 10.2. The average molecular weight is 159 g/mol. The molecule has 0 aromatic heterocycles. The van der Waals surface area contributed by atoms with Crippen LogP contribution in [0.25, 0.3) is 0 Å². The molecule has 2 heteroatoms. The Morgan fingerprint density at radius 1 is 1.30 bits per heavy atom. The van der Waals surface area contributed by atoms with Crippen LogP contribution in [0.1, 0.15) is 19.3 Å². The molecule has 0 aromatic rings. The zero-order chi connectivity index (χ0) is 7.66. The van der Waals surface area contributed by atoms with E-state index in [-0.39, 0.29) is 0 Å². The molecular weight excluding hydrogens is 142 g/mol. The third kappa shape index (κ3) is 8.05. The van der Waals surface area contributed by atoms with Gasteiger partial charge in [-0.15, -0.1) is 6.58 Å². The summed E-state index contributed by atoms with van der Waals surface area (Å²) < 4.78 is 0. The van der Waals surface area contributed by atoms with Crippen LogP contribution >= 0.6 is 12.6 Å². The summed E-state index contributed by atoms with van der Waals surface area (Å²) in [6.07, 6.45) is 5.67. The van der Waals surface area contributed by atoms with E-state index in [4.69, 9.17) is 0 Å². The van der Waals surface area contributed by atoms with Crippen molar-refractivity contribution in [1.29, 1.82) is 0 Å². The number of rotatable bonds is 7. The summed E-state index contributed by atoms with van der Waals surface area (Å²) >= 11 is 4.13. The summed E-state index contributed by atoms with van der Waals surface area (Å²) in [6.45, 7) is 5.66. The standard InChI is InChI=1S/C8H17NS/c1-2-6-9-7-4-3-5-8-10/h2,9-10H,1,3-8H2. The first-order valence-corrected chi connectivity index (χ1v) is 4.47. The van der Waals surface area contributed by atoms with Crippen LogP contribution in [0.5, 0.6) is 0 Å². The summed E-state index contributed by atoms with van der Waals surface area (Å²) in [5, 5.41) is 3.25. The quantitative estimate of drug-likeness (QED) is 0.328.